The summed E-state index contributed by atoms with van der Waals surface area (Å²) in [5.41, 5.74) is 2.19. The Hall–Kier alpha value is -2.64. The molecule has 3 heterocycles. The van der Waals surface area contributed by atoms with Gasteiger partial charge in [-0.25, -0.2) is 0 Å². The summed E-state index contributed by atoms with van der Waals surface area (Å²) in [5.74, 6) is 4.13. The number of ether oxygens (including phenoxy) is 6. The SMILES string of the molecule is COc1ccc([C@@H]2c3cc4c(cc3O[C@H](N3CCOCC3)[C@@H]2C)OCO4)c(OC)c1. The molecule has 2 aromatic rings. The smallest absolute Gasteiger partial charge is 0.231 e. The van der Waals surface area contributed by atoms with Crippen molar-refractivity contribution in [2.45, 2.75) is 19.1 Å². The third kappa shape index (κ3) is 3.22. The van der Waals surface area contributed by atoms with E-state index in [1.165, 1.54) is 0 Å². The van der Waals surface area contributed by atoms with E-state index < -0.39 is 0 Å². The highest BCUT2D eigenvalue weighted by Gasteiger charge is 2.42. The standard InChI is InChI=1S/C23H27NO6/c1-14-22(16-5-4-15(25-2)10-18(16)26-3)17-11-20-21(29-13-28-20)12-19(17)30-23(14)24-6-8-27-9-7-24/h4-5,10-12,14,22-23H,6-9,13H2,1-3H3/t14-,22-,23+/m1/s1. The van der Waals surface area contributed by atoms with E-state index in [0.717, 1.165) is 66.2 Å². The van der Waals surface area contributed by atoms with Gasteiger partial charge in [0.05, 0.1) is 27.4 Å². The van der Waals surface area contributed by atoms with Crippen LogP contribution in [-0.4, -0.2) is 58.4 Å². The van der Waals surface area contributed by atoms with Crippen LogP contribution in [0.3, 0.4) is 0 Å². The highest BCUT2D eigenvalue weighted by Crippen LogP contribution is 2.51. The molecule has 0 unspecified atom stereocenters. The third-order valence-electron chi connectivity index (χ3n) is 6.24. The summed E-state index contributed by atoms with van der Waals surface area (Å²) in [7, 11) is 3.36. The van der Waals surface area contributed by atoms with Gasteiger partial charge >= 0.3 is 0 Å². The fourth-order valence-corrected chi connectivity index (χ4v) is 4.73. The quantitative estimate of drug-likeness (QED) is 0.763. The van der Waals surface area contributed by atoms with Crippen molar-refractivity contribution >= 4 is 0 Å². The minimum atomic E-state index is -0.0708. The Kier molecular flexibility index (Phi) is 5.08. The monoisotopic (exact) mass is 413 g/mol. The highest BCUT2D eigenvalue weighted by atomic mass is 16.7. The number of morpholine rings is 1. The van der Waals surface area contributed by atoms with E-state index in [9.17, 15) is 0 Å². The number of hydrogen-bond acceptors (Lipinski definition) is 7. The molecule has 0 radical (unpaired) electrons. The van der Waals surface area contributed by atoms with Gasteiger partial charge in [-0.3, -0.25) is 4.90 Å². The van der Waals surface area contributed by atoms with Crippen molar-refractivity contribution in [3.63, 3.8) is 0 Å². The van der Waals surface area contributed by atoms with Crippen LogP contribution in [0.25, 0.3) is 0 Å². The molecule has 3 aliphatic heterocycles. The second-order valence-corrected chi connectivity index (χ2v) is 7.84. The minimum absolute atomic E-state index is 0.0666. The molecule has 3 aliphatic rings. The predicted molar refractivity (Wildman–Crippen MR) is 110 cm³/mol. The first-order valence-electron chi connectivity index (χ1n) is 10.3. The van der Waals surface area contributed by atoms with E-state index >= 15 is 0 Å². The average Bonchev–Trinajstić information content (AvgIpc) is 3.25. The number of nitrogens with zero attached hydrogens (tertiary/aromatic N) is 1. The van der Waals surface area contributed by atoms with Crippen LogP contribution in [-0.2, 0) is 4.74 Å². The first-order chi connectivity index (χ1) is 14.7. The summed E-state index contributed by atoms with van der Waals surface area (Å²) < 4.78 is 34.6. The van der Waals surface area contributed by atoms with Crippen molar-refractivity contribution in [1.29, 1.82) is 0 Å². The molecule has 3 atom stereocenters. The number of methoxy groups -OCH3 is 2. The van der Waals surface area contributed by atoms with Crippen molar-refractivity contribution in [1.82, 2.24) is 4.90 Å². The molecule has 30 heavy (non-hydrogen) atoms. The van der Waals surface area contributed by atoms with Gasteiger partial charge in [0.25, 0.3) is 0 Å². The molecule has 1 saturated heterocycles. The molecule has 7 heteroatoms. The fraction of sp³-hybridized carbons (Fsp3) is 0.478. The Bertz CT molecular complexity index is 926. The zero-order valence-corrected chi connectivity index (χ0v) is 17.6. The summed E-state index contributed by atoms with van der Waals surface area (Å²) >= 11 is 0. The maximum Gasteiger partial charge on any atom is 0.231 e. The molecule has 0 N–H and O–H groups in total. The molecule has 0 aromatic heterocycles. The summed E-state index contributed by atoms with van der Waals surface area (Å²) in [6.07, 6.45) is -0.0708. The van der Waals surface area contributed by atoms with Crippen molar-refractivity contribution in [3.8, 4) is 28.7 Å². The van der Waals surface area contributed by atoms with Gasteiger partial charge < -0.3 is 28.4 Å². The third-order valence-corrected chi connectivity index (χ3v) is 6.24. The van der Waals surface area contributed by atoms with Gasteiger partial charge in [0.2, 0.25) is 6.79 Å². The summed E-state index contributed by atoms with van der Waals surface area (Å²) in [4.78, 5) is 2.37. The van der Waals surface area contributed by atoms with Crippen LogP contribution in [0.4, 0.5) is 0 Å². The fourth-order valence-electron chi connectivity index (χ4n) is 4.73. The van der Waals surface area contributed by atoms with Crippen LogP contribution in [0.2, 0.25) is 0 Å². The van der Waals surface area contributed by atoms with Gasteiger partial charge in [0.15, 0.2) is 17.7 Å². The van der Waals surface area contributed by atoms with E-state index in [0.29, 0.717) is 0 Å². The lowest BCUT2D eigenvalue weighted by molar-refractivity contribution is -0.0785. The van der Waals surface area contributed by atoms with E-state index in [1.807, 2.05) is 18.2 Å². The first kappa shape index (κ1) is 19.3. The Morgan fingerprint density at radius 2 is 1.67 bits per heavy atom. The van der Waals surface area contributed by atoms with Crippen molar-refractivity contribution < 1.29 is 28.4 Å². The normalized spacial score (nSPS) is 25.4. The van der Waals surface area contributed by atoms with Gasteiger partial charge in [-0.1, -0.05) is 13.0 Å². The summed E-state index contributed by atoms with van der Waals surface area (Å²) in [6.45, 7) is 5.61. The van der Waals surface area contributed by atoms with E-state index in [2.05, 4.69) is 24.0 Å². The van der Waals surface area contributed by atoms with E-state index in [4.69, 9.17) is 28.4 Å². The van der Waals surface area contributed by atoms with E-state index in [-0.39, 0.29) is 24.9 Å². The van der Waals surface area contributed by atoms with Crippen LogP contribution in [0.5, 0.6) is 28.7 Å². The molecule has 0 aliphatic carbocycles. The maximum absolute atomic E-state index is 6.55. The van der Waals surface area contributed by atoms with Gasteiger partial charge in [-0.05, 0) is 12.1 Å². The van der Waals surface area contributed by atoms with Gasteiger partial charge in [0, 0.05) is 48.2 Å². The zero-order chi connectivity index (χ0) is 20.7. The molecule has 160 valence electrons. The number of hydrogen-bond donors (Lipinski definition) is 0. The highest BCUT2D eigenvalue weighted by molar-refractivity contribution is 5.58. The van der Waals surface area contributed by atoms with Gasteiger partial charge in [-0.15, -0.1) is 0 Å². The summed E-state index contributed by atoms with van der Waals surface area (Å²) in [6, 6.07) is 10.0. The maximum atomic E-state index is 6.55. The number of fused-ring (bicyclic) bond motifs is 2. The predicted octanol–water partition coefficient (Wildman–Crippen LogP) is 3.25. The van der Waals surface area contributed by atoms with Gasteiger partial charge in [-0.2, -0.15) is 0 Å². The second-order valence-electron chi connectivity index (χ2n) is 7.84. The average molecular weight is 413 g/mol. The minimum Gasteiger partial charge on any atom is -0.497 e. The van der Waals surface area contributed by atoms with Crippen LogP contribution in [0.1, 0.15) is 24.0 Å². The van der Waals surface area contributed by atoms with Crippen LogP contribution < -0.4 is 23.7 Å². The zero-order valence-electron chi connectivity index (χ0n) is 17.6. The molecule has 7 nitrogen and oxygen atoms in total. The lowest BCUT2D eigenvalue weighted by atomic mass is 9.77. The molecule has 1 fully saturated rings. The van der Waals surface area contributed by atoms with Crippen molar-refractivity contribution in [2.75, 3.05) is 47.3 Å². The molecule has 0 amide bonds. The Balaban J connectivity index is 1.62. The molecule has 0 spiro atoms. The van der Waals surface area contributed by atoms with E-state index in [1.54, 1.807) is 14.2 Å². The van der Waals surface area contributed by atoms with Gasteiger partial charge in [0.1, 0.15) is 17.2 Å². The molecule has 0 bridgehead atoms. The molecular weight excluding hydrogens is 386 g/mol. The number of benzene rings is 2. The largest absolute Gasteiger partial charge is 0.497 e. The Morgan fingerprint density at radius 3 is 2.40 bits per heavy atom. The van der Waals surface area contributed by atoms with Crippen molar-refractivity contribution in [3.05, 3.63) is 41.5 Å². The lowest BCUT2D eigenvalue weighted by Crippen LogP contribution is -2.52. The van der Waals surface area contributed by atoms with Crippen molar-refractivity contribution in [2.24, 2.45) is 5.92 Å². The summed E-state index contributed by atoms with van der Waals surface area (Å²) in [5, 5.41) is 0. The van der Waals surface area contributed by atoms with Crippen LogP contribution >= 0.6 is 0 Å². The Morgan fingerprint density at radius 1 is 0.900 bits per heavy atom. The molecule has 2 aromatic carbocycles. The first-order valence-corrected chi connectivity index (χ1v) is 10.3. The lowest BCUT2D eigenvalue weighted by Gasteiger charge is -2.44. The van der Waals surface area contributed by atoms with Crippen LogP contribution in [0.15, 0.2) is 30.3 Å². The molecule has 5 rings (SSSR count). The second kappa shape index (κ2) is 7.89. The Labute approximate surface area is 176 Å². The van der Waals surface area contributed by atoms with Crippen LogP contribution in [0, 0.1) is 5.92 Å². The number of rotatable bonds is 4. The molecule has 0 saturated carbocycles. The topological polar surface area (TPSA) is 58.6 Å². The molecular formula is C23H27NO6.